The Hall–Kier alpha value is -1.44. The molecule has 4 heteroatoms. The van der Waals surface area contributed by atoms with Crippen LogP contribution in [0.25, 0.3) is 0 Å². The Balaban J connectivity index is 2.86. The molecule has 0 bridgehead atoms. The van der Waals surface area contributed by atoms with Crippen LogP contribution in [0.4, 0.5) is 4.39 Å². The lowest BCUT2D eigenvalue weighted by Gasteiger charge is -2.38. The van der Waals surface area contributed by atoms with Crippen molar-refractivity contribution in [1.82, 2.24) is 5.32 Å². The Kier molecular flexibility index (Phi) is 4.10. The van der Waals surface area contributed by atoms with Gasteiger partial charge in [-0.3, -0.25) is 0 Å². The first kappa shape index (κ1) is 14.6. The fraction of sp³-hybridized carbons (Fsp3) is 0.500. The number of hydrogen-bond donors (Lipinski definition) is 2. The molecule has 0 atom stereocenters. The molecule has 0 saturated carbocycles. The number of nitrogens with zero attached hydrogens (tertiary/aromatic N) is 1. The zero-order chi connectivity index (χ0) is 14.0. The molecule has 0 aliphatic carbocycles. The summed E-state index contributed by atoms with van der Waals surface area (Å²) in [5.74, 6) is -0.501. The quantitative estimate of drug-likeness (QED) is 0.862. The molecular formula is C14H19FN2O. The number of hydrogen-bond acceptors (Lipinski definition) is 3. The van der Waals surface area contributed by atoms with Crippen LogP contribution in [0, 0.1) is 17.1 Å². The molecule has 0 unspecified atom stereocenters. The summed E-state index contributed by atoms with van der Waals surface area (Å²) in [5, 5.41) is 21.8. The summed E-state index contributed by atoms with van der Waals surface area (Å²) in [5.41, 5.74) is -1.04. The van der Waals surface area contributed by atoms with Gasteiger partial charge in [-0.2, -0.15) is 5.26 Å². The molecule has 0 radical (unpaired) electrons. The van der Waals surface area contributed by atoms with E-state index in [0.717, 1.165) is 0 Å². The molecule has 2 N–H and O–H groups in total. The highest BCUT2D eigenvalue weighted by molar-refractivity contribution is 5.35. The van der Waals surface area contributed by atoms with Gasteiger partial charge in [-0.25, -0.2) is 4.39 Å². The molecule has 1 aromatic carbocycles. The van der Waals surface area contributed by atoms with Gasteiger partial charge in [-0.1, -0.05) is 12.1 Å². The number of rotatable bonds is 4. The molecule has 0 saturated heterocycles. The highest BCUT2D eigenvalue weighted by atomic mass is 19.1. The number of aliphatic hydroxyl groups is 1. The van der Waals surface area contributed by atoms with Crippen molar-refractivity contribution >= 4 is 0 Å². The van der Waals surface area contributed by atoms with E-state index in [1.54, 1.807) is 26.0 Å². The van der Waals surface area contributed by atoms with E-state index < -0.39 is 17.0 Å². The summed E-state index contributed by atoms with van der Waals surface area (Å²) in [4.78, 5) is 0. The molecule has 0 aliphatic heterocycles. The normalized spacial score (nSPS) is 12.3. The lowest BCUT2D eigenvalue weighted by molar-refractivity contribution is -0.00543. The summed E-state index contributed by atoms with van der Waals surface area (Å²) < 4.78 is 13.8. The van der Waals surface area contributed by atoms with Gasteiger partial charge in [-0.05, 0) is 33.8 Å². The number of nitriles is 1. The maximum Gasteiger partial charge on any atom is 0.145 e. The average Bonchev–Trinajstić information content (AvgIpc) is 2.26. The number of benzene rings is 1. The van der Waals surface area contributed by atoms with Crippen LogP contribution in [0.5, 0.6) is 0 Å². The predicted octanol–water partition coefficient (Wildman–Crippen LogP) is 2.34. The Morgan fingerprint density at radius 1 is 1.33 bits per heavy atom. The lowest BCUT2D eigenvalue weighted by Crippen LogP contribution is -2.55. The maximum atomic E-state index is 13.8. The lowest BCUT2D eigenvalue weighted by atomic mass is 9.86. The molecule has 0 aromatic heterocycles. The fourth-order valence-electron chi connectivity index (χ4n) is 1.34. The van der Waals surface area contributed by atoms with E-state index in [9.17, 15) is 9.50 Å². The van der Waals surface area contributed by atoms with E-state index in [4.69, 9.17) is 5.26 Å². The highest BCUT2D eigenvalue weighted by Gasteiger charge is 2.34. The third kappa shape index (κ3) is 3.06. The van der Waals surface area contributed by atoms with Crippen molar-refractivity contribution in [3.63, 3.8) is 0 Å². The van der Waals surface area contributed by atoms with Crippen molar-refractivity contribution in [3.8, 4) is 6.07 Å². The van der Waals surface area contributed by atoms with Crippen molar-refractivity contribution in [2.75, 3.05) is 0 Å². The molecule has 18 heavy (non-hydrogen) atoms. The van der Waals surface area contributed by atoms with Gasteiger partial charge in [0.2, 0.25) is 0 Å². The third-order valence-electron chi connectivity index (χ3n) is 3.45. The second-order valence-corrected chi connectivity index (χ2v) is 5.43. The van der Waals surface area contributed by atoms with Gasteiger partial charge < -0.3 is 10.4 Å². The zero-order valence-corrected chi connectivity index (χ0v) is 11.2. The Labute approximate surface area is 107 Å². The molecule has 3 nitrogen and oxygen atoms in total. The van der Waals surface area contributed by atoms with Crippen LogP contribution in [0.2, 0.25) is 0 Å². The molecule has 0 spiro atoms. The van der Waals surface area contributed by atoms with Crippen molar-refractivity contribution in [2.45, 2.75) is 45.4 Å². The van der Waals surface area contributed by atoms with Crippen molar-refractivity contribution in [2.24, 2.45) is 0 Å². The molecule has 0 fully saturated rings. The smallest absolute Gasteiger partial charge is 0.145 e. The Morgan fingerprint density at radius 2 is 1.94 bits per heavy atom. The van der Waals surface area contributed by atoms with E-state index in [2.05, 4.69) is 5.32 Å². The van der Waals surface area contributed by atoms with E-state index in [1.807, 2.05) is 19.9 Å². The molecular weight excluding hydrogens is 231 g/mol. The molecule has 0 aliphatic rings. The van der Waals surface area contributed by atoms with Crippen LogP contribution in [-0.4, -0.2) is 16.2 Å². The molecule has 0 heterocycles. The van der Waals surface area contributed by atoms with Crippen molar-refractivity contribution in [3.05, 3.63) is 35.1 Å². The summed E-state index contributed by atoms with van der Waals surface area (Å²) in [7, 11) is 0. The van der Waals surface area contributed by atoms with Crippen LogP contribution < -0.4 is 5.32 Å². The van der Waals surface area contributed by atoms with Gasteiger partial charge in [0.05, 0.1) is 11.2 Å². The van der Waals surface area contributed by atoms with Crippen LogP contribution in [-0.2, 0) is 6.54 Å². The van der Waals surface area contributed by atoms with Gasteiger partial charge in [-0.15, -0.1) is 0 Å². The fourth-order valence-corrected chi connectivity index (χ4v) is 1.34. The highest BCUT2D eigenvalue weighted by Crippen LogP contribution is 2.21. The molecule has 98 valence electrons. The van der Waals surface area contributed by atoms with Crippen molar-refractivity contribution in [1.29, 1.82) is 5.26 Å². The van der Waals surface area contributed by atoms with Gasteiger partial charge >= 0.3 is 0 Å². The maximum absolute atomic E-state index is 13.8. The topological polar surface area (TPSA) is 56.0 Å². The molecule has 1 aromatic rings. The second-order valence-electron chi connectivity index (χ2n) is 5.43. The second kappa shape index (κ2) is 5.05. The zero-order valence-electron chi connectivity index (χ0n) is 11.2. The summed E-state index contributed by atoms with van der Waals surface area (Å²) >= 11 is 0. The first-order valence-corrected chi connectivity index (χ1v) is 5.84. The number of halogens is 1. The summed E-state index contributed by atoms with van der Waals surface area (Å²) in [6, 6.07) is 6.53. The van der Waals surface area contributed by atoms with E-state index in [1.165, 1.54) is 6.07 Å². The minimum Gasteiger partial charge on any atom is -0.389 e. The van der Waals surface area contributed by atoms with Crippen LogP contribution in [0.1, 0.15) is 38.8 Å². The van der Waals surface area contributed by atoms with E-state index in [0.29, 0.717) is 5.56 Å². The van der Waals surface area contributed by atoms with Crippen molar-refractivity contribution < 1.29 is 9.50 Å². The van der Waals surface area contributed by atoms with Crippen LogP contribution in [0.15, 0.2) is 18.2 Å². The average molecular weight is 250 g/mol. The predicted molar refractivity (Wildman–Crippen MR) is 68.3 cm³/mol. The minimum atomic E-state index is -0.934. The first-order chi connectivity index (χ1) is 8.19. The van der Waals surface area contributed by atoms with Gasteiger partial charge in [0, 0.05) is 17.6 Å². The van der Waals surface area contributed by atoms with Gasteiger partial charge in [0.15, 0.2) is 0 Å². The minimum absolute atomic E-state index is 0.0374. The third-order valence-corrected chi connectivity index (χ3v) is 3.45. The summed E-state index contributed by atoms with van der Waals surface area (Å²) in [6.45, 7) is 7.35. The number of nitrogens with one attached hydrogen (secondary N) is 1. The van der Waals surface area contributed by atoms with E-state index in [-0.39, 0.29) is 12.1 Å². The van der Waals surface area contributed by atoms with Crippen LogP contribution in [0.3, 0.4) is 0 Å². The largest absolute Gasteiger partial charge is 0.389 e. The monoisotopic (exact) mass is 250 g/mol. The van der Waals surface area contributed by atoms with Gasteiger partial charge in [0.1, 0.15) is 11.9 Å². The Bertz CT molecular complexity index is 470. The van der Waals surface area contributed by atoms with Crippen LogP contribution >= 0.6 is 0 Å². The summed E-state index contributed by atoms with van der Waals surface area (Å²) in [6.07, 6.45) is 0. The SMILES string of the molecule is CC(C)(O)C(C)(C)NCc1cccc(C#N)c1F. The molecule has 1 rings (SSSR count). The Morgan fingerprint density at radius 3 is 2.44 bits per heavy atom. The first-order valence-electron chi connectivity index (χ1n) is 5.84. The molecule has 0 amide bonds. The van der Waals surface area contributed by atoms with E-state index >= 15 is 0 Å². The standard InChI is InChI=1S/C14H19FN2O/c1-13(2,14(3,4)18)17-9-11-7-5-6-10(8-16)12(11)15/h5-7,17-18H,9H2,1-4H3. The van der Waals surface area contributed by atoms with Gasteiger partial charge in [0.25, 0.3) is 0 Å².